The van der Waals surface area contributed by atoms with Crippen LogP contribution in [-0.4, -0.2) is 36.9 Å². The molecule has 33 heavy (non-hydrogen) atoms. The average molecular weight is 475 g/mol. The van der Waals surface area contributed by atoms with E-state index in [-0.39, 0.29) is 11.1 Å². The van der Waals surface area contributed by atoms with Crippen LogP contribution in [0.25, 0.3) is 5.57 Å². The van der Waals surface area contributed by atoms with Crippen molar-refractivity contribution in [2.75, 3.05) is 14.2 Å². The van der Waals surface area contributed by atoms with Gasteiger partial charge in [-0.05, 0) is 67.3 Å². The molecule has 0 aliphatic rings. The van der Waals surface area contributed by atoms with Gasteiger partial charge in [0.1, 0.15) is 12.4 Å². The minimum absolute atomic E-state index is 0.100. The normalized spacial score (nSPS) is 11.9. The lowest BCUT2D eigenvalue weighted by atomic mass is 9.91. The van der Waals surface area contributed by atoms with Crippen molar-refractivity contribution in [1.29, 1.82) is 0 Å². The van der Waals surface area contributed by atoms with Crippen LogP contribution in [0.3, 0.4) is 0 Å². The van der Waals surface area contributed by atoms with Gasteiger partial charge in [-0.2, -0.15) is 0 Å². The maximum atomic E-state index is 12.1. The Morgan fingerprint density at radius 3 is 2.30 bits per heavy atom. The van der Waals surface area contributed by atoms with Crippen LogP contribution in [-0.2, 0) is 16.1 Å². The maximum absolute atomic E-state index is 12.1. The molecule has 0 radical (unpaired) electrons. The first-order valence-electron chi connectivity index (χ1n) is 11.2. The number of aliphatic hydroxyl groups is 1. The first kappa shape index (κ1) is 26.6. The molecule has 7 heteroatoms. The summed E-state index contributed by atoms with van der Waals surface area (Å²) in [5.41, 5.74) is 1.92. The van der Waals surface area contributed by atoms with Gasteiger partial charge in [-0.1, -0.05) is 26.8 Å². The van der Waals surface area contributed by atoms with Crippen LogP contribution >= 0.6 is 11.3 Å². The molecule has 1 heterocycles. The molecule has 1 aromatic heterocycles. The first-order valence-corrected chi connectivity index (χ1v) is 12.1. The number of hydrogen-bond acceptors (Lipinski definition) is 7. The van der Waals surface area contributed by atoms with Crippen LogP contribution in [0.1, 0.15) is 84.0 Å². The molecule has 2 rings (SSSR count). The Hall–Kier alpha value is -2.64. The highest BCUT2D eigenvalue weighted by Gasteiger charge is 2.21. The van der Waals surface area contributed by atoms with Gasteiger partial charge in [0, 0.05) is 10.4 Å². The summed E-state index contributed by atoms with van der Waals surface area (Å²) in [5.74, 6) is -0.783. The minimum atomic E-state index is -0.630. The van der Waals surface area contributed by atoms with Gasteiger partial charge >= 0.3 is 11.9 Å². The van der Waals surface area contributed by atoms with Crippen LogP contribution < -0.4 is 4.74 Å². The number of esters is 2. The molecule has 0 spiro atoms. The second-order valence-corrected chi connectivity index (χ2v) is 8.76. The lowest BCUT2D eigenvalue weighted by Gasteiger charge is -2.24. The fourth-order valence-electron chi connectivity index (χ4n) is 3.50. The second kappa shape index (κ2) is 12.6. The summed E-state index contributed by atoms with van der Waals surface area (Å²) in [6.07, 6.45) is 6.26. The van der Waals surface area contributed by atoms with Crippen LogP contribution in [0.4, 0.5) is 0 Å². The molecule has 0 saturated heterocycles. The van der Waals surface area contributed by atoms with Crippen molar-refractivity contribution < 1.29 is 28.9 Å². The predicted molar refractivity (Wildman–Crippen MR) is 131 cm³/mol. The zero-order chi connectivity index (χ0) is 24.4. The van der Waals surface area contributed by atoms with E-state index in [0.717, 1.165) is 37.7 Å². The number of thiophene rings is 1. The number of rotatable bonds is 12. The highest BCUT2D eigenvalue weighted by atomic mass is 32.1. The molecular weight excluding hydrogens is 440 g/mol. The summed E-state index contributed by atoms with van der Waals surface area (Å²) in [6.45, 7) is 6.51. The summed E-state index contributed by atoms with van der Waals surface area (Å²) in [6, 6.07) is 6.73. The largest absolute Gasteiger partial charge is 0.489 e. The van der Waals surface area contributed by atoms with Crippen molar-refractivity contribution >= 4 is 28.8 Å². The Bertz CT molecular complexity index is 971. The van der Waals surface area contributed by atoms with Gasteiger partial charge in [0.15, 0.2) is 0 Å². The van der Waals surface area contributed by atoms with E-state index in [1.54, 1.807) is 17.4 Å². The molecule has 0 atom stereocenters. The molecule has 0 amide bonds. The Balaban J connectivity index is 2.09. The van der Waals surface area contributed by atoms with Crippen molar-refractivity contribution in [2.24, 2.45) is 0 Å². The van der Waals surface area contributed by atoms with E-state index in [0.29, 0.717) is 12.4 Å². The lowest BCUT2D eigenvalue weighted by molar-refractivity contribution is 0.0246. The quantitative estimate of drug-likeness (QED) is 0.379. The van der Waals surface area contributed by atoms with E-state index in [1.165, 1.54) is 36.8 Å². The molecule has 1 N–H and O–H groups in total. The minimum Gasteiger partial charge on any atom is -0.489 e. The van der Waals surface area contributed by atoms with Gasteiger partial charge < -0.3 is 19.3 Å². The molecular formula is C26H34O6S. The zero-order valence-electron chi connectivity index (χ0n) is 20.1. The van der Waals surface area contributed by atoms with Crippen molar-refractivity contribution in [2.45, 2.75) is 65.1 Å². The van der Waals surface area contributed by atoms with E-state index in [4.69, 9.17) is 14.2 Å². The Morgan fingerprint density at radius 1 is 1.03 bits per heavy atom. The molecule has 0 fully saturated rings. The van der Waals surface area contributed by atoms with Crippen LogP contribution in [0, 0.1) is 0 Å². The standard InChI is InChI=1S/C26H34O6S/c1-6-19(10-9-13-26(29,7-2)8-3)23-14-18(17-33-23)16-32-20-11-12-21(24(27)30-4)22(15-20)25(28)31-5/h10-12,14-15,17,29H,6-9,13,16H2,1-5H3. The third-order valence-corrected chi connectivity index (χ3v) is 6.93. The van der Waals surface area contributed by atoms with Crippen molar-refractivity contribution in [3.8, 4) is 5.75 Å². The van der Waals surface area contributed by atoms with E-state index >= 15 is 0 Å². The Labute approximate surface area is 200 Å². The monoisotopic (exact) mass is 474 g/mol. The number of methoxy groups -OCH3 is 2. The van der Waals surface area contributed by atoms with Crippen LogP contribution in [0.15, 0.2) is 35.7 Å². The smallest absolute Gasteiger partial charge is 0.338 e. The molecule has 0 unspecified atom stereocenters. The molecule has 0 saturated carbocycles. The topological polar surface area (TPSA) is 82.1 Å². The number of carbonyl (C=O) groups is 2. The van der Waals surface area contributed by atoms with Gasteiger partial charge in [-0.25, -0.2) is 9.59 Å². The van der Waals surface area contributed by atoms with E-state index in [1.807, 2.05) is 13.8 Å². The SMILES string of the molecule is CCC(=CCCC(O)(CC)CC)c1cc(COc2ccc(C(=O)OC)c(C(=O)OC)c2)cs1. The molecule has 0 bridgehead atoms. The number of benzene rings is 1. The van der Waals surface area contributed by atoms with Crippen molar-refractivity contribution in [3.63, 3.8) is 0 Å². The summed E-state index contributed by atoms with van der Waals surface area (Å²) in [7, 11) is 2.52. The van der Waals surface area contributed by atoms with Crippen LogP contribution in [0.2, 0.25) is 0 Å². The molecule has 0 aliphatic carbocycles. The predicted octanol–water partition coefficient (Wildman–Crippen LogP) is 6.03. The van der Waals surface area contributed by atoms with E-state index in [2.05, 4.69) is 24.4 Å². The fraction of sp³-hybridized carbons (Fsp3) is 0.462. The number of hydrogen-bond donors (Lipinski definition) is 1. The van der Waals surface area contributed by atoms with Gasteiger partial charge in [0.2, 0.25) is 0 Å². The van der Waals surface area contributed by atoms with Crippen molar-refractivity contribution in [3.05, 3.63) is 57.3 Å². The van der Waals surface area contributed by atoms with Crippen LogP contribution in [0.5, 0.6) is 5.75 Å². The molecule has 180 valence electrons. The van der Waals surface area contributed by atoms with E-state index in [9.17, 15) is 14.7 Å². The number of carbonyl (C=O) groups excluding carboxylic acids is 2. The average Bonchev–Trinajstić information content (AvgIpc) is 3.32. The summed E-state index contributed by atoms with van der Waals surface area (Å²) in [4.78, 5) is 25.2. The number of allylic oxidation sites excluding steroid dienone is 2. The third kappa shape index (κ3) is 7.17. The summed E-state index contributed by atoms with van der Waals surface area (Å²) >= 11 is 1.66. The molecule has 2 aromatic rings. The fourth-order valence-corrected chi connectivity index (χ4v) is 4.52. The van der Waals surface area contributed by atoms with Gasteiger partial charge in [0.05, 0.1) is 30.9 Å². The zero-order valence-corrected chi connectivity index (χ0v) is 20.9. The first-order chi connectivity index (χ1) is 15.8. The van der Waals surface area contributed by atoms with Gasteiger partial charge in [-0.3, -0.25) is 0 Å². The van der Waals surface area contributed by atoms with Gasteiger partial charge in [0.25, 0.3) is 0 Å². The maximum Gasteiger partial charge on any atom is 0.338 e. The molecule has 6 nitrogen and oxygen atoms in total. The van der Waals surface area contributed by atoms with Crippen molar-refractivity contribution in [1.82, 2.24) is 0 Å². The Kier molecular flexibility index (Phi) is 10.1. The summed E-state index contributed by atoms with van der Waals surface area (Å²) in [5, 5.41) is 12.6. The highest BCUT2D eigenvalue weighted by Crippen LogP contribution is 2.29. The number of ether oxygens (including phenoxy) is 3. The second-order valence-electron chi connectivity index (χ2n) is 7.85. The van der Waals surface area contributed by atoms with E-state index < -0.39 is 17.5 Å². The molecule has 0 aliphatic heterocycles. The Morgan fingerprint density at radius 2 is 1.70 bits per heavy atom. The third-order valence-electron chi connectivity index (χ3n) is 5.87. The molecule has 1 aromatic carbocycles. The summed E-state index contributed by atoms with van der Waals surface area (Å²) < 4.78 is 15.4. The lowest BCUT2D eigenvalue weighted by Crippen LogP contribution is -2.25. The highest BCUT2D eigenvalue weighted by molar-refractivity contribution is 7.11. The van der Waals surface area contributed by atoms with Gasteiger partial charge in [-0.15, -0.1) is 11.3 Å².